The number of hydrogen-bond acceptors (Lipinski definition) is 3. The van der Waals surface area contributed by atoms with Gasteiger partial charge in [-0.05, 0) is 26.3 Å². The number of unbranched alkanes of at least 4 members (excludes halogenated alkanes) is 1. The highest BCUT2D eigenvalue weighted by molar-refractivity contribution is 5.12. The summed E-state index contributed by atoms with van der Waals surface area (Å²) in [5, 5.41) is 7.63. The highest BCUT2D eigenvalue weighted by atomic mass is 16.5. The minimum atomic E-state index is 0.186. The predicted molar refractivity (Wildman–Crippen MR) is 70.4 cm³/mol. The van der Waals surface area contributed by atoms with Crippen molar-refractivity contribution in [2.45, 2.75) is 52.7 Å². The average Bonchev–Trinajstić information content (AvgIpc) is 2.73. The van der Waals surface area contributed by atoms with E-state index in [0.29, 0.717) is 0 Å². The van der Waals surface area contributed by atoms with Gasteiger partial charge in [0.1, 0.15) is 6.10 Å². The van der Waals surface area contributed by atoms with E-state index in [-0.39, 0.29) is 6.10 Å². The van der Waals surface area contributed by atoms with Crippen LogP contribution in [0.1, 0.15) is 40.0 Å². The molecular weight excluding hydrogens is 214 g/mol. The summed E-state index contributed by atoms with van der Waals surface area (Å²) in [6.07, 6.45) is 7.48. The van der Waals surface area contributed by atoms with Gasteiger partial charge in [0.2, 0.25) is 0 Å². The summed E-state index contributed by atoms with van der Waals surface area (Å²) in [5.41, 5.74) is 0. The summed E-state index contributed by atoms with van der Waals surface area (Å²) in [6, 6.07) is 0. The van der Waals surface area contributed by atoms with Crippen molar-refractivity contribution in [3.63, 3.8) is 0 Å². The van der Waals surface area contributed by atoms with Gasteiger partial charge in [-0.15, -0.1) is 0 Å². The summed E-state index contributed by atoms with van der Waals surface area (Å²) >= 11 is 0. The van der Waals surface area contributed by atoms with Gasteiger partial charge < -0.3 is 10.1 Å². The molecule has 98 valence electrons. The first-order chi connectivity index (χ1) is 8.26. The van der Waals surface area contributed by atoms with Crippen LogP contribution in [0.25, 0.3) is 0 Å². The van der Waals surface area contributed by atoms with E-state index in [4.69, 9.17) is 4.74 Å². The van der Waals surface area contributed by atoms with Crippen LogP contribution in [0.3, 0.4) is 0 Å². The van der Waals surface area contributed by atoms with E-state index in [1.807, 2.05) is 10.9 Å². The Kier molecular flexibility index (Phi) is 6.70. The van der Waals surface area contributed by atoms with Gasteiger partial charge in [0.05, 0.1) is 12.4 Å². The number of aromatic nitrogens is 2. The molecule has 1 N–H and O–H groups in total. The highest BCUT2D eigenvalue weighted by Gasteiger charge is 2.05. The molecule has 1 unspecified atom stereocenters. The fourth-order valence-electron chi connectivity index (χ4n) is 1.64. The molecular formula is C13H25N3O. The molecule has 0 aliphatic carbocycles. The van der Waals surface area contributed by atoms with Crippen LogP contribution in [0.15, 0.2) is 12.4 Å². The Labute approximate surface area is 104 Å². The molecule has 1 heterocycles. The first-order valence-electron chi connectivity index (χ1n) is 6.66. The van der Waals surface area contributed by atoms with Crippen molar-refractivity contribution in [2.75, 3.05) is 13.1 Å². The van der Waals surface area contributed by atoms with Crippen LogP contribution in [0.5, 0.6) is 5.75 Å². The van der Waals surface area contributed by atoms with Crippen LogP contribution < -0.4 is 10.1 Å². The Morgan fingerprint density at radius 3 is 2.94 bits per heavy atom. The highest BCUT2D eigenvalue weighted by Crippen LogP contribution is 2.10. The molecule has 17 heavy (non-hydrogen) atoms. The Morgan fingerprint density at radius 2 is 2.24 bits per heavy atom. The molecule has 1 aromatic rings. The van der Waals surface area contributed by atoms with E-state index in [9.17, 15) is 0 Å². The van der Waals surface area contributed by atoms with Gasteiger partial charge in [0.25, 0.3) is 0 Å². The molecule has 0 saturated carbocycles. The van der Waals surface area contributed by atoms with E-state index < -0.39 is 0 Å². The van der Waals surface area contributed by atoms with Crippen molar-refractivity contribution in [1.82, 2.24) is 15.1 Å². The first-order valence-corrected chi connectivity index (χ1v) is 6.66. The van der Waals surface area contributed by atoms with Crippen molar-refractivity contribution >= 4 is 0 Å². The number of hydrogen-bond donors (Lipinski definition) is 1. The fraction of sp³-hybridized carbons (Fsp3) is 0.769. The maximum atomic E-state index is 5.78. The zero-order chi connectivity index (χ0) is 12.5. The number of aryl methyl sites for hydroxylation is 1. The van der Waals surface area contributed by atoms with Crippen LogP contribution in [-0.4, -0.2) is 29.0 Å². The van der Waals surface area contributed by atoms with Crippen LogP contribution in [0.2, 0.25) is 0 Å². The van der Waals surface area contributed by atoms with Crippen LogP contribution in [0, 0.1) is 0 Å². The van der Waals surface area contributed by atoms with Crippen molar-refractivity contribution in [3.05, 3.63) is 12.4 Å². The SMILES string of the molecule is CCCCNCC(C)Oc1cnn(CCC)c1. The van der Waals surface area contributed by atoms with Crippen molar-refractivity contribution < 1.29 is 4.74 Å². The summed E-state index contributed by atoms with van der Waals surface area (Å²) < 4.78 is 7.70. The number of ether oxygens (including phenoxy) is 1. The van der Waals surface area contributed by atoms with Gasteiger partial charge >= 0.3 is 0 Å². The molecule has 0 aliphatic rings. The number of rotatable bonds is 9. The molecule has 0 aliphatic heterocycles. The Balaban J connectivity index is 2.22. The summed E-state index contributed by atoms with van der Waals surface area (Å²) in [6.45, 7) is 9.33. The van der Waals surface area contributed by atoms with E-state index in [0.717, 1.165) is 31.8 Å². The van der Waals surface area contributed by atoms with Crippen LogP contribution in [-0.2, 0) is 6.54 Å². The second-order valence-electron chi connectivity index (χ2n) is 4.43. The quantitative estimate of drug-likeness (QED) is 0.673. The molecule has 4 nitrogen and oxygen atoms in total. The van der Waals surface area contributed by atoms with Gasteiger partial charge in [0.15, 0.2) is 5.75 Å². The first kappa shape index (κ1) is 14.0. The van der Waals surface area contributed by atoms with Gasteiger partial charge in [0, 0.05) is 13.1 Å². The fourth-order valence-corrected chi connectivity index (χ4v) is 1.64. The topological polar surface area (TPSA) is 39.1 Å². The third kappa shape index (κ3) is 5.73. The normalized spacial score (nSPS) is 12.6. The second-order valence-corrected chi connectivity index (χ2v) is 4.43. The van der Waals surface area contributed by atoms with E-state index >= 15 is 0 Å². The van der Waals surface area contributed by atoms with E-state index in [1.54, 1.807) is 6.20 Å². The van der Waals surface area contributed by atoms with Crippen molar-refractivity contribution in [2.24, 2.45) is 0 Å². The number of nitrogens with zero attached hydrogens (tertiary/aromatic N) is 2. The Bertz CT molecular complexity index is 299. The summed E-state index contributed by atoms with van der Waals surface area (Å²) in [5.74, 6) is 0.864. The van der Waals surface area contributed by atoms with Crippen LogP contribution >= 0.6 is 0 Å². The second kappa shape index (κ2) is 8.12. The van der Waals surface area contributed by atoms with Gasteiger partial charge in [-0.2, -0.15) is 5.10 Å². The number of nitrogens with one attached hydrogen (secondary N) is 1. The predicted octanol–water partition coefficient (Wildman–Crippen LogP) is 2.45. The minimum absolute atomic E-state index is 0.186. The standard InChI is InChI=1S/C13H25N3O/c1-4-6-7-14-9-12(3)17-13-10-15-16(11-13)8-5-2/h10-12,14H,4-9H2,1-3H3. The molecule has 0 fully saturated rings. The molecule has 0 aromatic carbocycles. The van der Waals surface area contributed by atoms with Crippen LogP contribution in [0.4, 0.5) is 0 Å². The Morgan fingerprint density at radius 1 is 1.41 bits per heavy atom. The Hall–Kier alpha value is -1.03. The lowest BCUT2D eigenvalue weighted by Gasteiger charge is -2.13. The molecule has 1 aromatic heterocycles. The molecule has 0 saturated heterocycles. The minimum Gasteiger partial charge on any atom is -0.486 e. The summed E-state index contributed by atoms with van der Waals surface area (Å²) in [4.78, 5) is 0. The molecule has 1 atom stereocenters. The molecule has 0 amide bonds. The third-order valence-electron chi connectivity index (χ3n) is 2.54. The molecule has 0 bridgehead atoms. The largest absolute Gasteiger partial charge is 0.486 e. The lowest BCUT2D eigenvalue weighted by Crippen LogP contribution is -2.29. The third-order valence-corrected chi connectivity index (χ3v) is 2.54. The molecule has 0 radical (unpaired) electrons. The molecule has 1 rings (SSSR count). The zero-order valence-corrected chi connectivity index (χ0v) is 11.3. The lowest BCUT2D eigenvalue weighted by molar-refractivity contribution is 0.217. The summed E-state index contributed by atoms with van der Waals surface area (Å²) in [7, 11) is 0. The molecule has 0 spiro atoms. The smallest absolute Gasteiger partial charge is 0.157 e. The lowest BCUT2D eigenvalue weighted by atomic mass is 10.3. The average molecular weight is 239 g/mol. The monoisotopic (exact) mass is 239 g/mol. The maximum Gasteiger partial charge on any atom is 0.157 e. The van der Waals surface area contributed by atoms with E-state index in [2.05, 4.69) is 31.2 Å². The maximum absolute atomic E-state index is 5.78. The molecule has 4 heteroatoms. The van der Waals surface area contributed by atoms with Gasteiger partial charge in [-0.1, -0.05) is 20.3 Å². The zero-order valence-electron chi connectivity index (χ0n) is 11.3. The van der Waals surface area contributed by atoms with Gasteiger partial charge in [-0.3, -0.25) is 4.68 Å². The van der Waals surface area contributed by atoms with E-state index in [1.165, 1.54) is 12.8 Å². The van der Waals surface area contributed by atoms with Crippen molar-refractivity contribution in [3.8, 4) is 5.75 Å². The van der Waals surface area contributed by atoms with Crippen molar-refractivity contribution in [1.29, 1.82) is 0 Å². The van der Waals surface area contributed by atoms with Gasteiger partial charge in [-0.25, -0.2) is 0 Å².